The van der Waals surface area contributed by atoms with Crippen LogP contribution in [0.1, 0.15) is 32.6 Å². The van der Waals surface area contributed by atoms with Crippen molar-refractivity contribution in [2.24, 2.45) is 4.99 Å². The van der Waals surface area contributed by atoms with Crippen LogP contribution < -0.4 is 10.6 Å². The molecule has 1 saturated heterocycles. The van der Waals surface area contributed by atoms with E-state index in [2.05, 4.69) is 48.7 Å². The topological polar surface area (TPSA) is 48.9 Å². The minimum atomic E-state index is 0. The maximum atomic E-state index is 5.52. The zero-order valence-electron chi connectivity index (χ0n) is 14.1. The molecule has 1 fully saturated rings. The number of likely N-dealkylation sites (N-methyl/N-ethyl adjacent to an activating group) is 1. The Morgan fingerprint density at radius 3 is 2.45 bits per heavy atom. The second-order valence-electron chi connectivity index (χ2n) is 6.21. The van der Waals surface area contributed by atoms with Crippen LogP contribution in [0.2, 0.25) is 0 Å². The summed E-state index contributed by atoms with van der Waals surface area (Å²) >= 11 is 0. The van der Waals surface area contributed by atoms with Gasteiger partial charge in [0.25, 0.3) is 0 Å². The van der Waals surface area contributed by atoms with Gasteiger partial charge in [-0.3, -0.25) is 4.99 Å². The first kappa shape index (κ1) is 19.7. The molecule has 0 saturated carbocycles. The Morgan fingerprint density at radius 1 is 1.27 bits per heavy atom. The highest BCUT2D eigenvalue weighted by Gasteiger charge is 2.34. The summed E-state index contributed by atoms with van der Waals surface area (Å²) in [5, 5.41) is 6.91. The summed E-state index contributed by atoms with van der Waals surface area (Å²) in [7, 11) is 4.31. The number of nitrogens with zero attached hydrogens (tertiary/aromatic N) is 2. The Bertz CT molecular complexity index is 370. The Balaban J connectivity index is 0.00000242. The molecule has 0 amide bonds. The minimum absolute atomic E-state index is 0. The zero-order valence-corrected chi connectivity index (χ0v) is 16.4. The summed E-state index contributed by atoms with van der Waals surface area (Å²) in [6, 6.07) is 0.493. The number of ether oxygens (including phenoxy) is 1. The standard InChI is InChI=1S/C16H30N4O.HI/c1-4-17-15(19-14-7-5-6-8-14)18-13-16(20(2)3)9-11-21-12-10-16;/h5-6,14H,4,7-13H2,1-3H3,(H2,17,18,19);1H. The Labute approximate surface area is 152 Å². The lowest BCUT2D eigenvalue weighted by molar-refractivity contribution is -0.00255. The van der Waals surface area contributed by atoms with Gasteiger partial charge in [0.05, 0.1) is 6.54 Å². The van der Waals surface area contributed by atoms with Crippen molar-refractivity contribution in [3.05, 3.63) is 12.2 Å². The number of hydrogen-bond donors (Lipinski definition) is 2. The van der Waals surface area contributed by atoms with E-state index >= 15 is 0 Å². The SMILES string of the molecule is CCNC(=NCC1(N(C)C)CCOCC1)NC1CC=CC1.I. The van der Waals surface area contributed by atoms with E-state index in [4.69, 9.17) is 9.73 Å². The van der Waals surface area contributed by atoms with Crippen LogP contribution in [0.15, 0.2) is 17.1 Å². The molecular formula is C16H31IN4O. The van der Waals surface area contributed by atoms with E-state index in [1.165, 1.54) is 0 Å². The van der Waals surface area contributed by atoms with Gasteiger partial charge in [-0.1, -0.05) is 12.2 Å². The fourth-order valence-corrected chi connectivity index (χ4v) is 2.97. The summed E-state index contributed by atoms with van der Waals surface area (Å²) in [5.74, 6) is 0.943. The van der Waals surface area contributed by atoms with Gasteiger partial charge in [-0.25, -0.2) is 0 Å². The van der Waals surface area contributed by atoms with Crippen molar-refractivity contribution in [1.82, 2.24) is 15.5 Å². The highest BCUT2D eigenvalue weighted by atomic mass is 127. The lowest BCUT2D eigenvalue weighted by Gasteiger charge is -2.41. The summed E-state index contributed by atoms with van der Waals surface area (Å²) in [6.07, 6.45) is 8.76. The van der Waals surface area contributed by atoms with Crippen molar-refractivity contribution in [2.45, 2.75) is 44.2 Å². The van der Waals surface area contributed by atoms with Gasteiger partial charge in [0, 0.05) is 31.3 Å². The molecule has 0 unspecified atom stereocenters. The van der Waals surface area contributed by atoms with Crippen LogP contribution in [-0.4, -0.2) is 62.8 Å². The maximum Gasteiger partial charge on any atom is 0.191 e. The van der Waals surface area contributed by atoms with Crippen molar-refractivity contribution in [2.75, 3.05) is 40.4 Å². The normalized spacial score (nSPS) is 21.7. The summed E-state index contributed by atoms with van der Waals surface area (Å²) in [6.45, 7) is 5.50. The molecule has 6 heteroatoms. The molecule has 128 valence electrons. The van der Waals surface area contributed by atoms with Crippen molar-refractivity contribution < 1.29 is 4.74 Å². The third-order valence-electron chi connectivity index (χ3n) is 4.60. The largest absolute Gasteiger partial charge is 0.381 e. The molecule has 2 aliphatic rings. The van der Waals surface area contributed by atoms with Gasteiger partial charge in [0.2, 0.25) is 0 Å². The lowest BCUT2D eigenvalue weighted by atomic mass is 9.89. The summed E-state index contributed by atoms with van der Waals surface area (Å²) in [4.78, 5) is 7.18. The van der Waals surface area contributed by atoms with Crippen molar-refractivity contribution >= 4 is 29.9 Å². The molecular weight excluding hydrogens is 391 g/mol. The molecule has 5 nitrogen and oxygen atoms in total. The molecule has 2 N–H and O–H groups in total. The highest BCUT2D eigenvalue weighted by Crippen LogP contribution is 2.26. The smallest absolute Gasteiger partial charge is 0.191 e. The second-order valence-corrected chi connectivity index (χ2v) is 6.21. The summed E-state index contributed by atoms with van der Waals surface area (Å²) in [5.41, 5.74) is 0.133. The van der Waals surface area contributed by atoms with E-state index in [1.807, 2.05) is 0 Å². The van der Waals surface area contributed by atoms with Crippen molar-refractivity contribution in [3.8, 4) is 0 Å². The van der Waals surface area contributed by atoms with E-state index in [-0.39, 0.29) is 29.5 Å². The highest BCUT2D eigenvalue weighted by molar-refractivity contribution is 14.0. The molecule has 22 heavy (non-hydrogen) atoms. The number of guanidine groups is 1. The number of rotatable bonds is 5. The van der Waals surface area contributed by atoms with Crippen LogP contribution in [0.5, 0.6) is 0 Å². The molecule has 0 spiro atoms. The lowest BCUT2D eigenvalue weighted by Crippen LogP contribution is -2.52. The predicted octanol–water partition coefficient (Wildman–Crippen LogP) is 1.99. The van der Waals surface area contributed by atoms with Gasteiger partial charge in [0.15, 0.2) is 5.96 Å². The molecule has 0 aromatic rings. The molecule has 0 atom stereocenters. The molecule has 1 heterocycles. The van der Waals surface area contributed by atoms with E-state index < -0.39 is 0 Å². The van der Waals surface area contributed by atoms with Crippen LogP contribution in [0.4, 0.5) is 0 Å². The van der Waals surface area contributed by atoms with Crippen LogP contribution in [0.25, 0.3) is 0 Å². The Hall–Kier alpha value is -0.340. The summed E-state index contributed by atoms with van der Waals surface area (Å²) < 4.78 is 5.52. The van der Waals surface area contributed by atoms with Crippen molar-refractivity contribution in [1.29, 1.82) is 0 Å². The first-order valence-corrected chi connectivity index (χ1v) is 8.11. The molecule has 0 aromatic carbocycles. The predicted molar refractivity (Wildman–Crippen MR) is 103 cm³/mol. The first-order chi connectivity index (χ1) is 10.2. The maximum absolute atomic E-state index is 5.52. The van der Waals surface area contributed by atoms with E-state index in [1.54, 1.807) is 0 Å². The second kappa shape index (κ2) is 9.72. The average molecular weight is 422 g/mol. The van der Waals surface area contributed by atoms with E-state index in [0.717, 1.165) is 57.9 Å². The molecule has 0 radical (unpaired) electrons. The van der Waals surface area contributed by atoms with Gasteiger partial charge in [-0.2, -0.15) is 0 Å². The number of aliphatic imine (C=N–C) groups is 1. The van der Waals surface area contributed by atoms with Gasteiger partial charge >= 0.3 is 0 Å². The van der Waals surface area contributed by atoms with Crippen LogP contribution >= 0.6 is 24.0 Å². The van der Waals surface area contributed by atoms with Gasteiger partial charge in [0.1, 0.15) is 0 Å². The van der Waals surface area contributed by atoms with Gasteiger partial charge in [-0.05, 0) is 46.7 Å². The Kier molecular flexibility index (Phi) is 8.71. The molecule has 0 bridgehead atoms. The van der Waals surface area contributed by atoms with E-state index in [0.29, 0.717) is 6.04 Å². The third kappa shape index (κ3) is 5.38. The molecule has 2 rings (SSSR count). The third-order valence-corrected chi connectivity index (χ3v) is 4.60. The number of halogens is 1. The van der Waals surface area contributed by atoms with Crippen LogP contribution in [-0.2, 0) is 4.74 Å². The molecule has 0 aromatic heterocycles. The number of hydrogen-bond acceptors (Lipinski definition) is 3. The molecule has 1 aliphatic heterocycles. The fraction of sp³-hybridized carbons (Fsp3) is 0.812. The Morgan fingerprint density at radius 2 is 1.91 bits per heavy atom. The zero-order chi connectivity index (χ0) is 15.1. The fourth-order valence-electron chi connectivity index (χ4n) is 2.97. The average Bonchev–Trinajstić information content (AvgIpc) is 2.99. The van der Waals surface area contributed by atoms with Crippen LogP contribution in [0.3, 0.4) is 0 Å². The van der Waals surface area contributed by atoms with Crippen molar-refractivity contribution in [3.63, 3.8) is 0 Å². The first-order valence-electron chi connectivity index (χ1n) is 8.11. The number of nitrogens with one attached hydrogen (secondary N) is 2. The molecule has 1 aliphatic carbocycles. The monoisotopic (exact) mass is 422 g/mol. The quantitative estimate of drug-likeness (QED) is 0.308. The van der Waals surface area contributed by atoms with Gasteiger partial charge in [-0.15, -0.1) is 24.0 Å². The minimum Gasteiger partial charge on any atom is -0.381 e. The van der Waals surface area contributed by atoms with Crippen LogP contribution in [0, 0.1) is 0 Å². The van der Waals surface area contributed by atoms with E-state index in [9.17, 15) is 0 Å². The van der Waals surface area contributed by atoms with Gasteiger partial charge < -0.3 is 20.3 Å².